The summed E-state index contributed by atoms with van der Waals surface area (Å²) in [5, 5.41) is 9.33. The SMILES string of the molecule is O=C(O)c1cccn2cc(-c3ccc(Cl)o3)nc12. The van der Waals surface area contributed by atoms with Gasteiger partial charge in [-0.1, -0.05) is 0 Å². The maximum atomic E-state index is 11.1. The molecule has 90 valence electrons. The Balaban J connectivity index is 2.22. The Labute approximate surface area is 106 Å². The Morgan fingerprint density at radius 3 is 2.89 bits per heavy atom. The van der Waals surface area contributed by atoms with E-state index in [4.69, 9.17) is 21.1 Å². The molecule has 1 N–H and O–H groups in total. The molecule has 0 aliphatic rings. The number of carbonyl (C=O) groups is 1. The second kappa shape index (κ2) is 3.89. The van der Waals surface area contributed by atoms with Crippen molar-refractivity contribution in [2.75, 3.05) is 0 Å². The first kappa shape index (κ1) is 10.9. The van der Waals surface area contributed by atoms with Crippen LogP contribution in [0.3, 0.4) is 0 Å². The molecule has 0 saturated heterocycles. The van der Waals surface area contributed by atoms with Crippen LogP contribution in [0, 0.1) is 0 Å². The fourth-order valence-electron chi connectivity index (χ4n) is 1.75. The lowest BCUT2D eigenvalue weighted by Gasteiger charge is -1.96. The molecule has 5 nitrogen and oxygen atoms in total. The van der Waals surface area contributed by atoms with Crippen LogP contribution in [0.4, 0.5) is 0 Å². The molecule has 0 aliphatic heterocycles. The van der Waals surface area contributed by atoms with E-state index in [9.17, 15) is 4.79 Å². The number of hydrogen-bond acceptors (Lipinski definition) is 3. The third kappa shape index (κ3) is 1.65. The Bertz CT molecular complexity index is 745. The molecule has 0 fully saturated rings. The molecule has 0 unspecified atom stereocenters. The highest BCUT2D eigenvalue weighted by atomic mass is 35.5. The summed E-state index contributed by atoms with van der Waals surface area (Å²) in [5.41, 5.74) is 1.05. The quantitative estimate of drug-likeness (QED) is 0.771. The third-order valence-electron chi connectivity index (χ3n) is 2.54. The summed E-state index contributed by atoms with van der Waals surface area (Å²) in [5.74, 6) is -0.518. The molecule has 0 aromatic carbocycles. The molecule has 18 heavy (non-hydrogen) atoms. The zero-order valence-corrected chi connectivity index (χ0v) is 9.76. The van der Waals surface area contributed by atoms with Gasteiger partial charge in [-0.25, -0.2) is 9.78 Å². The lowest BCUT2D eigenvalue weighted by molar-refractivity contribution is 0.0698. The molecule has 0 radical (unpaired) electrons. The van der Waals surface area contributed by atoms with Crippen LogP contribution in [-0.4, -0.2) is 20.5 Å². The number of carboxylic acids is 1. The predicted molar refractivity (Wildman–Crippen MR) is 64.9 cm³/mol. The van der Waals surface area contributed by atoms with Gasteiger partial charge in [0.05, 0.1) is 0 Å². The Morgan fingerprint density at radius 1 is 1.39 bits per heavy atom. The minimum absolute atomic E-state index is 0.140. The minimum Gasteiger partial charge on any atom is -0.478 e. The third-order valence-corrected chi connectivity index (χ3v) is 2.74. The molecule has 3 aromatic rings. The van der Waals surface area contributed by atoms with Gasteiger partial charge >= 0.3 is 5.97 Å². The van der Waals surface area contributed by atoms with Gasteiger partial charge in [-0.05, 0) is 35.9 Å². The van der Waals surface area contributed by atoms with Crippen LogP contribution in [0.25, 0.3) is 17.1 Å². The number of furan rings is 1. The maximum absolute atomic E-state index is 11.1. The lowest BCUT2D eigenvalue weighted by atomic mass is 10.3. The van der Waals surface area contributed by atoms with E-state index < -0.39 is 5.97 Å². The monoisotopic (exact) mass is 262 g/mol. The van der Waals surface area contributed by atoms with Gasteiger partial charge in [-0.15, -0.1) is 0 Å². The molecule has 0 bridgehead atoms. The fraction of sp³-hybridized carbons (Fsp3) is 0. The summed E-state index contributed by atoms with van der Waals surface area (Å²) in [7, 11) is 0. The highest BCUT2D eigenvalue weighted by Gasteiger charge is 2.14. The smallest absolute Gasteiger partial charge is 0.339 e. The second-order valence-electron chi connectivity index (χ2n) is 3.69. The van der Waals surface area contributed by atoms with E-state index in [1.165, 1.54) is 6.07 Å². The lowest BCUT2D eigenvalue weighted by Crippen LogP contribution is -1.99. The van der Waals surface area contributed by atoms with E-state index in [1.807, 2.05) is 0 Å². The molecule has 0 saturated carbocycles. The van der Waals surface area contributed by atoms with Crippen LogP contribution >= 0.6 is 11.6 Å². The number of halogens is 1. The van der Waals surface area contributed by atoms with Gasteiger partial charge in [-0.3, -0.25) is 0 Å². The van der Waals surface area contributed by atoms with E-state index in [0.29, 0.717) is 17.1 Å². The molecule has 6 heteroatoms. The summed E-state index contributed by atoms with van der Waals surface area (Å²) >= 11 is 5.70. The van der Waals surface area contributed by atoms with Gasteiger partial charge in [0, 0.05) is 12.4 Å². The van der Waals surface area contributed by atoms with E-state index in [2.05, 4.69) is 4.98 Å². The van der Waals surface area contributed by atoms with Gasteiger partial charge in [0.25, 0.3) is 0 Å². The molecule has 0 spiro atoms. The van der Waals surface area contributed by atoms with Crippen molar-refractivity contribution in [2.24, 2.45) is 0 Å². The van der Waals surface area contributed by atoms with Gasteiger partial charge < -0.3 is 13.9 Å². The molecular weight excluding hydrogens is 256 g/mol. The molecule has 0 amide bonds. The summed E-state index contributed by atoms with van der Waals surface area (Å²) in [4.78, 5) is 15.3. The first-order valence-corrected chi connectivity index (χ1v) is 5.49. The molecule has 0 aliphatic carbocycles. The standard InChI is InChI=1S/C12H7ClN2O3/c13-10-4-3-9(18-10)8-6-15-5-1-2-7(12(16)17)11(15)14-8/h1-6H,(H,16,17). The van der Waals surface area contributed by atoms with Gasteiger partial charge in [-0.2, -0.15) is 0 Å². The number of fused-ring (bicyclic) bond motifs is 1. The number of aromatic carboxylic acids is 1. The second-order valence-corrected chi connectivity index (χ2v) is 4.06. The zero-order chi connectivity index (χ0) is 12.7. The molecule has 0 atom stereocenters. The maximum Gasteiger partial charge on any atom is 0.339 e. The number of nitrogens with zero attached hydrogens (tertiary/aromatic N) is 2. The van der Waals surface area contributed by atoms with Crippen LogP contribution in [0.1, 0.15) is 10.4 Å². The number of carboxylic acid groups (broad SMARTS) is 1. The number of hydrogen-bond donors (Lipinski definition) is 1. The highest BCUT2D eigenvalue weighted by Crippen LogP contribution is 2.25. The first-order valence-electron chi connectivity index (χ1n) is 5.12. The molecule has 3 rings (SSSR count). The van der Waals surface area contributed by atoms with E-state index in [0.717, 1.165) is 0 Å². The number of aromatic nitrogens is 2. The zero-order valence-electron chi connectivity index (χ0n) is 9.00. The van der Waals surface area contributed by atoms with Crippen LogP contribution in [-0.2, 0) is 0 Å². The Morgan fingerprint density at radius 2 is 2.22 bits per heavy atom. The van der Waals surface area contributed by atoms with Crippen molar-refractivity contribution in [3.63, 3.8) is 0 Å². The van der Waals surface area contributed by atoms with Crippen molar-refractivity contribution < 1.29 is 14.3 Å². The largest absolute Gasteiger partial charge is 0.478 e. The van der Waals surface area contributed by atoms with Crippen molar-refractivity contribution in [1.29, 1.82) is 0 Å². The van der Waals surface area contributed by atoms with Crippen LogP contribution in [0.15, 0.2) is 41.1 Å². The number of rotatable bonds is 2. The predicted octanol–water partition coefficient (Wildman–Crippen LogP) is 2.95. The topological polar surface area (TPSA) is 67.7 Å². The first-order chi connectivity index (χ1) is 8.65. The van der Waals surface area contributed by atoms with E-state index in [-0.39, 0.29) is 10.8 Å². The Kier molecular flexibility index (Phi) is 2.34. The summed E-state index contributed by atoms with van der Waals surface area (Å²) < 4.78 is 6.88. The van der Waals surface area contributed by atoms with Crippen LogP contribution in [0.2, 0.25) is 5.22 Å². The van der Waals surface area contributed by atoms with Gasteiger partial charge in [0.15, 0.2) is 16.6 Å². The van der Waals surface area contributed by atoms with E-state index >= 15 is 0 Å². The van der Waals surface area contributed by atoms with Crippen molar-refractivity contribution in [3.05, 3.63) is 47.4 Å². The summed E-state index contributed by atoms with van der Waals surface area (Å²) in [6, 6.07) is 6.45. The van der Waals surface area contributed by atoms with E-state index in [1.54, 1.807) is 35.0 Å². The molecule has 3 aromatic heterocycles. The fourth-order valence-corrected chi connectivity index (χ4v) is 1.90. The summed E-state index contributed by atoms with van der Waals surface area (Å²) in [6.45, 7) is 0. The van der Waals surface area contributed by atoms with Crippen molar-refractivity contribution >= 4 is 23.2 Å². The van der Waals surface area contributed by atoms with Crippen LogP contribution in [0.5, 0.6) is 0 Å². The van der Waals surface area contributed by atoms with Gasteiger partial charge in [0.1, 0.15) is 11.3 Å². The van der Waals surface area contributed by atoms with Crippen molar-refractivity contribution in [3.8, 4) is 11.5 Å². The highest BCUT2D eigenvalue weighted by molar-refractivity contribution is 6.28. The average molecular weight is 263 g/mol. The average Bonchev–Trinajstić information content (AvgIpc) is 2.93. The summed E-state index contributed by atoms with van der Waals surface area (Å²) in [6.07, 6.45) is 3.42. The van der Waals surface area contributed by atoms with Crippen molar-refractivity contribution in [2.45, 2.75) is 0 Å². The molecule has 3 heterocycles. The number of imidazole rings is 1. The normalized spacial score (nSPS) is 10.9. The molecular formula is C12H7ClN2O3. The number of pyridine rings is 1. The Hall–Kier alpha value is -2.27. The van der Waals surface area contributed by atoms with Crippen LogP contribution < -0.4 is 0 Å². The van der Waals surface area contributed by atoms with Gasteiger partial charge in [0.2, 0.25) is 0 Å². The van der Waals surface area contributed by atoms with Crippen molar-refractivity contribution in [1.82, 2.24) is 9.38 Å². The minimum atomic E-state index is -1.02.